The summed E-state index contributed by atoms with van der Waals surface area (Å²) in [6, 6.07) is 32.6. The average molecular weight is 405 g/mol. The number of amides is 1. The predicted octanol–water partition coefficient (Wildman–Crippen LogP) is 5.79. The van der Waals surface area contributed by atoms with Gasteiger partial charge in [-0.15, -0.1) is 0 Å². The van der Waals surface area contributed by atoms with Crippen LogP contribution in [-0.2, 0) is 11.4 Å². The fraction of sp³-hybridized carbons (Fsp3) is 0.0370. The van der Waals surface area contributed by atoms with E-state index in [2.05, 4.69) is 0 Å². The van der Waals surface area contributed by atoms with Crippen LogP contribution in [0, 0.1) is 0 Å². The highest BCUT2D eigenvalue weighted by molar-refractivity contribution is 6.53. The first-order valence-electron chi connectivity index (χ1n) is 10.1. The molecule has 4 aromatic carbocycles. The van der Waals surface area contributed by atoms with E-state index in [1.54, 1.807) is 18.2 Å². The molecule has 0 N–H and O–H groups in total. The van der Waals surface area contributed by atoms with Gasteiger partial charge >= 0.3 is 5.91 Å². The van der Waals surface area contributed by atoms with E-state index in [1.807, 2.05) is 84.9 Å². The number of Topliss-reactive ketones (excluding diaryl/α,β-unsaturated/α-hetero) is 1. The number of para-hydroxylation sites is 1. The quantitative estimate of drug-likeness (QED) is 0.395. The van der Waals surface area contributed by atoms with Crippen molar-refractivity contribution in [3.8, 4) is 16.9 Å². The minimum atomic E-state index is -0.525. The summed E-state index contributed by atoms with van der Waals surface area (Å²) in [4.78, 5) is 26.4. The molecule has 0 aromatic heterocycles. The normalized spacial score (nSPS) is 12.7. The molecule has 5 rings (SSSR count). The molecule has 31 heavy (non-hydrogen) atoms. The van der Waals surface area contributed by atoms with Crippen LogP contribution in [0.3, 0.4) is 0 Å². The van der Waals surface area contributed by atoms with Crippen LogP contribution in [0.1, 0.15) is 15.9 Å². The van der Waals surface area contributed by atoms with Crippen LogP contribution in [0.15, 0.2) is 103 Å². The van der Waals surface area contributed by atoms with Gasteiger partial charge in [-0.2, -0.15) is 0 Å². The van der Waals surface area contributed by atoms with Gasteiger partial charge in [-0.3, -0.25) is 14.5 Å². The highest BCUT2D eigenvalue weighted by Gasteiger charge is 2.36. The molecule has 1 amide bonds. The molecule has 4 aromatic rings. The average Bonchev–Trinajstić information content (AvgIpc) is 3.09. The number of hydrogen-bond acceptors (Lipinski definition) is 3. The molecule has 150 valence electrons. The third-order valence-corrected chi connectivity index (χ3v) is 5.33. The Labute approximate surface area is 180 Å². The summed E-state index contributed by atoms with van der Waals surface area (Å²) in [5.74, 6) is -0.207. The SMILES string of the molecule is O=C1C(=O)N(c2cccc(-c3ccc(OCc4ccccc4)cc3)c2)c2ccccc21. The second-order valence-corrected chi connectivity index (χ2v) is 7.34. The number of ether oxygens (including phenoxy) is 1. The maximum atomic E-state index is 12.6. The topological polar surface area (TPSA) is 46.6 Å². The van der Waals surface area contributed by atoms with Crippen molar-refractivity contribution in [2.75, 3.05) is 4.90 Å². The van der Waals surface area contributed by atoms with Crippen molar-refractivity contribution in [2.45, 2.75) is 6.61 Å². The van der Waals surface area contributed by atoms with E-state index in [1.165, 1.54) is 4.90 Å². The molecule has 1 heterocycles. The number of benzene rings is 4. The van der Waals surface area contributed by atoms with Crippen LogP contribution in [-0.4, -0.2) is 11.7 Å². The Bertz CT molecular complexity index is 1260. The third-order valence-electron chi connectivity index (χ3n) is 5.33. The molecular weight excluding hydrogens is 386 g/mol. The minimum Gasteiger partial charge on any atom is -0.489 e. The van der Waals surface area contributed by atoms with Gasteiger partial charge in [0.15, 0.2) is 0 Å². The van der Waals surface area contributed by atoms with E-state index in [9.17, 15) is 9.59 Å². The first-order chi connectivity index (χ1) is 15.2. The summed E-state index contributed by atoms with van der Waals surface area (Å²) >= 11 is 0. The molecule has 1 aliphatic rings. The van der Waals surface area contributed by atoms with Gasteiger partial charge in [-0.05, 0) is 53.1 Å². The summed E-state index contributed by atoms with van der Waals surface area (Å²) < 4.78 is 5.86. The van der Waals surface area contributed by atoms with Gasteiger partial charge < -0.3 is 4.74 Å². The largest absolute Gasteiger partial charge is 0.489 e. The lowest BCUT2D eigenvalue weighted by Crippen LogP contribution is -2.24. The zero-order valence-corrected chi connectivity index (χ0v) is 16.7. The molecule has 4 nitrogen and oxygen atoms in total. The fourth-order valence-electron chi connectivity index (χ4n) is 3.75. The summed E-state index contributed by atoms with van der Waals surface area (Å²) in [6.07, 6.45) is 0. The second kappa shape index (κ2) is 7.92. The lowest BCUT2D eigenvalue weighted by atomic mass is 10.0. The van der Waals surface area contributed by atoms with Crippen LogP contribution < -0.4 is 9.64 Å². The molecule has 0 spiro atoms. The maximum absolute atomic E-state index is 12.6. The van der Waals surface area contributed by atoms with Gasteiger partial charge in [0.05, 0.1) is 11.3 Å². The number of hydrogen-bond donors (Lipinski definition) is 0. The molecule has 0 bridgehead atoms. The Morgan fingerprint density at radius 1 is 0.677 bits per heavy atom. The number of nitrogens with zero attached hydrogens (tertiary/aromatic N) is 1. The van der Waals surface area contributed by atoms with Crippen molar-refractivity contribution in [3.63, 3.8) is 0 Å². The number of fused-ring (bicyclic) bond motifs is 1. The Hall–Kier alpha value is -4.18. The highest BCUT2D eigenvalue weighted by atomic mass is 16.5. The van der Waals surface area contributed by atoms with Crippen molar-refractivity contribution in [2.24, 2.45) is 0 Å². The monoisotopic (exact) mass is 405 g/mol. The molecule has 0 fully saturated rings. The standard InChI is InChI=1S/C27H19NO3/c29-26-24-11-4-5-12-25(24)28(27(26)30)22-10-6-9-21(17-22)20-13-15-23(16-14-20)31-18-19-7-2-1-3-8-19/h1-17H,18H2. The first-order valence-corrected chi connectivity index (χ1v) is 10.1. The van der Waals surface area contributed by atoms with Gasteiger partial charge in [0.25, 0.3) is 5.78 Å². The van der Waals surface area contributed by atoms with Gasteiger partial charge in [0.1, 0.15) is 12.4 Å². The zero-order valence-electron chi connectivity index (χ0n) is 16.7. The van der Waals surface area contributed by atoms with E-state index in [0.29, 0.717) is 23.5 Å². The Morgan fingerprint density at radius 2 is 1.42 bits per heavy atom. The maximum Gasteiger partial charge on any atom is 0.304 e. The lowest BCUT2D eigenvalue weighted by molar-refractivity contribution is -0.113. The third kappa shape index (κ3) is 3.60. The van der Waals surface area contributed by atoms with E-state index < -0.39 is 11.7 Å². The number of anilines is 2. The van der Waals surface area contributed by atoms with Crippen LogP contribution in [0.25, 0.3) is 11.1 Å². The molecule has 0 radical (unpaired) electrons. The molecule has 0 aliphatic carbocycles. The molecule has 0 saturated heterocycles. The molecule has 0 unspecified atom stereocenters. The number of carbonyl (C=O) groups excluding carboxylic acids is 2. The Morgan fingerprint density at radius 3 is 2.23 bits per heavy atom. The fourth-order valence-corrected chi connectivity index (χ4v) is 3.75. The predicted molar refractivity (Wildman–Crippen MR) is 121 cm³/mol. The van der Waals surface area contributed by atoms with Crippen LogP contribution in [0.4, 0.5) is 11.4 Å². The molecule has 0 atom stereocenters. The Kier molecular flexibility index (Phi) is 4.81. The highest BCUT2D eigenvalue weighted by Crippen LogP contribution is 2.36. The molecule has 1 aliphatic heterocycles. The molecular formula is C27H19NO3. The number of ketones is 1. The van der Waals surface area contributed by atoms with Crippen molar-refractivity contribution in [1.29, 1.82) is 0 Å². The molecule has 4 heteroatoms. The van der Waals surface area contributed by atoms with Crippen molar-refractivity contribution < 1.29 is 14.3 Å². The van der Waals surface area contributed by atoms with Crippen molar-refractivity contribution >= 4 is 23.1 Å². The van der Waals surface area contributed by atoms with Gasteiger partial charge in [-0.25, -0.2) is 0 Å². The Balaban J connectivity index is 1.38. The summed E-state index contributed by atoms with van der Waals surface area (Å²) in [5, 5.41) is 0. The van der Waals surface area contributed by atoms with E-state index in [-0.39, 0.29) is 0 Å². The number of rotatable bonds is 5. The zero-order chi connectivity index (χ0) is 21.2. The van der Waals surface area contributed by atoms with Crippen molar-refractivity contribution in [3.05, 3.63) is 114 Å². The summed E-state index contributed by atoms with van der Waals surface area (Å²) in [7, 11) is 0. The first kappa shape index (κ1) is 18.8. The lowest BCUT2D eigenvalue weighted by Gasteiger charge is -2.17. The van der Waals surface area contributed by atoms with Crippen LogP contribution in [0.2, 0.25) is 0 Å². The van der Waals surface area contributed by atoms with Crippen LogP contribution >= 0.6 is 0 Å². The second-order valence-electron chi connectivity index (χ2n) is 7.34. The summed E-state index contributed by atoms with van der Waals surface area (Å²) in [6.45, 7) is 0.514. The number of carbonyl (C=O) groups is 2. The van der Waals surface area contributed by atoms with Crippen LogP contribution in [0.5, 0.6) is 5.75 Å². The van der Waals surface area contributed by atoms with Gasteiger partial charge in [-0.1, -0.05) is 66.7 Å². The smallest absolute Gasteiger partial charge is 0.304 e. The van der Waals surface area contributed by atoms with Crippen molar-refractivity contribution in [1.82, 2.24) is 0 Å². The van der Waals surface area contributed by atoms with Gasteiger partial charge in [0, 0.05) is 5.69 Å². The minimum absolute atomic E-state index is 0.442. The van der Waals surface area contributed by atoms with E-state index in [0.717, 1.165) is 22.4 Å². The molecule has 0 saturated carbocycles. The van der Waals surface area contributed by atoms with E-state index in [4.69, 9.17) is 4.74 Å². The van der Waals surface area contributed by atoms with E-state index >= 15 is 0 Å². The van der Waals surface area contributed by atoms with Gasteiger partial charge in [0.2, 0.25) is 0 Å². The summed E-state index contributed by atoms with van der Waals surface area (Å²) in [5.41, 5.74) is 4.81.